The maximum absolute atomic E-state index is 12.1. The zero-order valence-electron chi connectivity index (χ0n) is 14.6. The first-order valence-corrected chi connectivity index (χ1v) is 8.14. The molecule has 8 heteroatoms. The van der Waals surface area contributed by atoms with E-state index >= 15 is 0 Å². The van der Waals surface area contributed by atoms with Crippen LogP contribution in [0.3, 0.4) is 0 Å². The number of carboxylic acids is 1. The Balaban J connectivity index is 2.18. The first-order valence-electron chi connectivity index (χ1n) is 8.14. The SMILES string of the molecule is C=CC(=O)N1C[C@H](n2c(C#CC)cc3c(N)nc(C(=O)O)nc32)C[C@@H]1C. The van der Waals surface area contributed by atoms with Gasteiger partial charge in [-0.15, -0.1) is 0 Å². The number of nitrogens with two attached hydrogens (primary N) is 1. The minimum absolute atomic E-state index is 0.0171. The van der Waals surface area contributed by atoms with Crippen molar-refractivity contribution >= 4 is 28.7 Å². The van der Waals surface area contributed by atoms with Crippen LogP contribution in [-0.4, -0.2) is 49.0 Å². The van der Waals surface area contributed by atoms with Gasteiger partial charge in [0.25, 0.3) is 0 Å². The fraction of sp³-hybridized carbons (Fsp3) is 0.333. The standard InChI is InChI=1S/C18H19N5O3/c1-4-6-11-8-13-15(19)20-16(18(25)26)21-17(13)23(11)12-7-10(3)22(9-12)14(24)5-2/h5,8,10,12H,2,7,9H2,1,3H3,(H,25,26)(H2,19,20,21)/t10-,12+/m0/s1. The Morgan fingerprint density at radius 3 is 2.81 bits per heavy atom. The zero-order valence-corrected chi connectivity index (χ0v) is 14.6. The number of anilines is 1. The molecule has 26 heavy (non-hydrogen) atoms. The molecular formula is C18H19N5O3. The fourth-order valence-corrected chi connectivity index (χ4v) is 3.42. The molecule has 0 bridgehead atoms. The first kappa shape index (κ1) is 17.5. The molecule has 2 aromatic heterocycles. The van der Waals surface area contributed by atoms with Gasteiger partial charge in [0.05, 0.1) is 17.1 Å². The number of rotatable bonds is 3. The number of nitrogens with zero attached hydrogens (tertiary/aromatic N) is 4. The highest BCUT2D eigenvalue weighted by atomic mass is 16.4. The Bertz CT molecular complexity index is 982. The lowest BCUT2D eigenvalue weighted by atomic mass is 10.2. The Morgan fingerprint density at radius 1 is 1.46 bits per heavy atom. The molecule has 0 radical (unpaired) electrons. The summed E-state index contributed by atoms with van der Waals surface area (Å²) in [5, 5.41) is 9.79. The van der Waals surface area contributed by atoms with E-state index in [1.807, 2.05) is 11.5 Å². The summed E-state index contributed by atoms with van der Waals surface area (Å²) < 4.78 is 1.86. The molecule has 0 aliphatic carbocycles. The van der Waals surface area contributed by atoms with Gasteiger partial charge in [0.1, 0.15) is 11.5 Å². The molecule has 0 spiro atoms. The molecule has 1 saturated heterocycles. The number of carbonyl (C=O) groups excluding carboxylic acids is 1. The highest BCUT2D eigenvalue weighted by molar-refractivity contribution is 5.93. The van der Waals surface area contributed by atoms with E-state index < -0.39 is 5.97 Å². The van der Waals surface area contributed by atoms with Gasteiger partial charge in [-0.1, -0.05) is 12.5 Å². The van der Waals surface area contributed by atoms with Crippen LogP contribution in [0.15, 0.2) is 18.7 Å². The van der Waals surface area contributed by atoms with Crippen molar-refractivity contribution in [2.45, 2.75) is 32.4 Å². The number of aromatic nitrogens is 3. The number of fused-ring (bicyclic) bond motifs is 1. The van der Waals surface area contributed by atoms with E-state index in [0.717, 1.165) is 0 Å². The van der Waals surface area contributed by atoms with Gasteiger partial charge in [-0.3, -0.25) is 4.79 Å². The Hall–Kier alpha value is -3.34. The molecule has 3 rings (SSSR count). The van der Waals surface area contributed by atoms with Gasteiger partial charge in [-0.2, -0.15) is 0 Å². The van der Waals surface area contributed by atoms with Crippen molar-refractivity contribution in [2.24, 2.45) is 0 Å². The van der Waals surface area contributed by atoms with Crippen LogP contribution in [0.1, 0.15) is 42.6 Å². The van der Waals surface area contributed by atoms with Gasteiger partial charge in [0, 0.05) is 12.6 Å². The number of carbonyl (C=O) groups is 2. The molecule has 1 amide bonds. The molecule has 0 unspecified atom stereocenters. The molecular weight excluding hydrogens is 334 g/mol. The van der Waals surface area contributed by atoms with Gasteiger partial charge >= 0.3 is 5.97 Å². The summed E-state index contributed by atoms with van der Waals surface area (Å²) in [6, 6.07) is 1.68. The number of amides is 1. The van der Waals surface area contributed by atoms with Crippen molar-refractivity contribution in [1.82, 2.24) is 19.4 Å². The molecule has 2 aromatic rings. The third-order valence-electron chi connectivity index (χ3n) is 4.54. The molecule has 2 atom stereocenters. The van der Waals surface area contributed by atoms with Crippen LogP contribution in [0.5, 0.6) is 0 Å². The lowest BCUT2D eigenvalue weighted by molar-refractivity contribution is -0.126. The molecule has 1 aliphatic rings. The van der Waals surface area contributed by atoms with Crippen molar-refractivity contribution in [3.05, 3.63) is 30.2 Å². The molecule has 0 saturated carbocycles. The summed E-state index contributed by atoms with van der Waals surface area (Å²) in [5.41, 5.74) is 7.02. The molecule has 8 nitrogen and oxygen atoms in total. The summed E-state index contributed by atoms with van der Waals surface area (Å²) in [6.45, 7) is 7.68. The Kier molecular flexibility index (Phi) is 4.38. The summed E-state index contributed by atoms with van der Waals surface area (Å²) in [5.74, 6) is 4.20. The fourth-order valence-electron chi connectivity index (χ4n) is 3.42. The van der Waals surface area contributed by atoms with E-state index in [1.165, 1.54) is 6.08 Å². The largest absolute Gasteiger partial charge is 0.475 e. The molecule has 3 N–H and O–H groups in total. The van der Waals surface area contributed by atoms with Crippen LogP contribution in [0.4, 0.5) is 5.82 Å². The second-order valence-corrected chi connectivity index (χ2v) is 6.18. The number of carboxylic acid groups (broad SMARTS) is 1. The molecule has 0 aromatic carbocycles. The van der Waals surface area contributed by atoms with E-state index in [0.29, 0.717) is 29.7 Å². The molecule has 3 heterocycles. The maximum Gasteiger partial charge on any atom is 0.374 e. The van der Waals surface area contributed by atoms with E-state index in [4.69, 9.17) is 5.73 Å². The van der Waals surface area contributed by atoms with Crippen LogP contribution in [0.2, 0.25) is 0 Å². The highest BCUT2D eigenvalue weighted by Crippen LogP contribution is 2.33. The molecule has 1 fully saturated rings. The van der Waals surface area contributed by atoms with Crippen molar-refractivity contribution in [1.29, 1.82) is 0 Å². The number of hydrogen-bond acceptors (Lipinski definition) is 5. The predicted octanol–water partition coefficient (Wildman–Crippen LogP) is 1.43. The Labute approximate surface area is 150 Å². The van der Waals surface area contributed by atoms with Gasteiger partial charge in [-0.25, -0.2) is 14.8 Å². The smallest absolute Gasteiger partial charge is 0.374 e. The van der Waals surface area contributed by atoms with Gasteiger partial charge in [-0.05, 0) is 38.3 Å². The van der Waals surface area contributed by atoms with Crippen molar-refractivity contribution in [3.63, 3.8) is 0 Å². The summed E-state index contributed by atoms with van der Waals surface area (Å²) in [4.78, 5) is 33.1. The summed E-state index contributed by atoms with van der Waals surface area (Å²) in [7, 11) is 0. The molecule has 134 valence electrons. The normalized spacial score (nSPS) is 19.2. The van der Waals surface area contributed by atoms with E-state index in [2.05, 4.69) is 28.4 Å². The number of aromatic carboxylic acids is 1. The monoisotopic (exact) mass is 353 g/mol. The van der Waals surface area contributed by atoms with Crippen molar-refractivity contribution < 1.29 is 14.7 Å². The summed E-state index contributed by atoms with van der Waals surface area (Å²) >= 11 is 0. The average Bonchev–Trinajstić information content (AvgIpc) is 3.15. The van der Waals surface area contributed by atoms with Crippen LogP contribution >= 0.6 is 0 Å². The minimum Gasteiger partial charge on any atom is -0.475 e. The predicted molar refractivity (Wildman–Crippen MR) is 96.5 cm³/mol. The maximum atomic E-state index is 12.1. The van der Waals surface area contributed by atoms with E-state index in [1.54, 1.807) is 17.9 Å². The lowest BCUT2D eigenvalue weighted by Gasteiger charge is -2.19. The van der Waals surface area contributed by atoms with E-state index in [9.17, 15) is 14.7 Å². The third kappa shape index (κ3) is 2.77. The lowest BCUT2D eigenvalue weighted by Crippen LogP contribution is -2.32. The Morgan fingerprint density at radius 2 is 2.19 bits per heavy atom. The summed E-state index contributed by atoms with van der Waals surface area (Å²) in [6.07, 6.45) is 1.98. The average molecular weight is 353 g/mol. The van der Waals surface area contributed by atoms with Gasteiger partial charge in [0.15, 0.2) is 0 Å². The second-order valence-electron chi connectivity index (χ2n) is 6.18. The third-order valence-corrected chi connectivity index (χ3v) is 4.54. The van der Waals surface area contributed by atoms with Crippen molar-refractivity contribution in [2.75, 3.05) is 12.3 Å². The zero-order chi connectivity index (χ0) is 19.0. The number of likely N-dealkylation sites (tertiary alicyclic amines) is 1. The van der Waals surface area contributed by atoms with Crippen LogP contribution in [-0.2, 0) is 4.79 Å². The quantitative estimate of drug-likeness (QED) is 0.637. The van der Waals surface area contributed by atoms with Gasteiger partial charge < -0.3 is 20.3 Å². The minimum atomic E-state index is -1.25. The van der Waals surface area contributed by atoms with Crippen LogP contribution in [0, 0.1) is 11.8 Å². The van der Waals surface area contributed by atoms with Crippen LogP contribution < -0.4 is 5.73 Å². The topological polar surface area (TPSA) is 114 Å². The van der Waals surface area contributed by atoms with Crippen LogP contribution in [0.25, 0.3) is 11.0 Å². The highest BCUT2D eigenvalue weighted by Gasteiger charge is 2.34. The number of hydrogen-bond donors (Lipinski definition) is 2. The van der Waals surface area contributed by atoms with Gasteiger partial charge in [0.2, 0.25) is 11.7 Å². The van der Waals surface area contributed by atoms with Crippen molar-refractivity contribution in [3.8, 4) is 11.8 Å². The molecule has 1 aliphatic heterocycles. The second kappa shape index (κ2) is 6.52. The first-order chi connectivity index (χ1) is 12.4. The number of nitrogen functional groups attached to an aromatic ring is 1. The van der Waals surface area contributed by atoms with E-state index in [-0.39, 0.29) is 29.6 Å².